The van der Waals surface area contributed by atoms with Crippen LogP contribution in [0.4, 0.5) is 0 Å². The highest BCUT2D eigenvalue weighted by atomic mass is 35.5. The predicted molar refractivity (Wildman–Crippen MR) is 85.8 cm³/mol. The summed E-state index contributed by atoms with van der Waals surface area (Å²) in [6, 6.07) is 8.55. The molecule has 0 spiro atoms. The lowest BCUT2D eigenvalue weighted by molar-refractivity contribution is -0.143. The van der Waals surface area contributed by atoms with E-state index in [-0.39, 0.29) is 11.3 Å². The van der Waals surface area contributed by atoms with Crippen LogP contribution in [-0.2, 0) is 11.2 Å². The van der Waals surface area contributed by atoms with E-state index in [1.165, 1.54) is 5.56 Å². The van der Waals surface area contributed by atoms with Gasteiger partial charge < -0.3 is 10.0 Å². The summed E-state index contributed by atoms with van der Waals surface area (Å²) < 4.78 is 0. The third-order valence-corrected chi connectivity index (χ3v) is 4.63. The summed E-state index contributed by atoms with van der Waals surface area (Å²) >= 11 is 6.51. The number of hydrogen-bond donors (Lipinski definition) is 1. The minimum Gasteiger partial charge on any atom is -0.481 e. The third kappa shape index (κ3) is 4.72. The van der Waals surface area contributed by atoms with Gasteiger partial charge in [0, 0.05) is 6.54 Å². The summed E-state index contributed by atoms with van der Waals surface area (Å²) in [4.78, 5) is 13.2. The zero-order valence-corrected chi connectivity index (χ0v) is 13.4. The molecule has 1 aromatic rings. The molecule has 0 saturated carbocycles. The number of hydrogen-bond acceptors (Lipinski definition) is 2. The number of nitrogens with zero attached hydrogens (tertiary/aromatic N) is 1. The molecule has 1 aliphatic heterocycles. The van der Waals surface area contributed by atoms with E-state index < -0.39 is 5.97 Å². The maximum absolute atomic E-state index is 10.9. The van der Waals surface area contributed by atoms with Crippen LogP contribution in [-0.4, -0.2) is 35.6 Å². The zero-order valence-electron chi connectivity index (χ0n) is 12.6. The number of carboxylic acid groups (broad SMARTS) is 1. The molecule has 1 unspecified atom stereocenters. The van der Waals surface area contributed by atoms with E-state index >= 15 is 0 Å². The first kappa shape index (κ1) is 16.3. The molecule has 0 bridgehead atoms. The number of carboxylic acids is 1. The number of aryl methyl sites for hydroxylation is 1. The number of benzene rings is 1. The van der Waals surface area contributed by atoms with Crippen LogP contribution in [0.15, 0.2) is 24.3 Å². The number of alkyl halides is 1. The van der Waals surface area contributed by atoms with Gasteiger partial charge in [-0.3, -0.25) is 4.79 Å². The van der Waals surface area contributed by atoms with Gasteiger partial charge in [-0.15, -0.1) is 11.6 Å². The number of rotatable bonds is 6. The lowest BCUT2D eigenvalue weighted by atomic mass is 9.96. The summed E-state index contributed by atoms with van der Waals surface area (Å²) in [6.45, 7) is 4.63. The molecule has 0 aromatic heterocycles. The number of aliphatic carboxylic acids is 1. The Hall–Kier alpha value is -1.06. The summed E-state index contributed by atoms with van der Waals surface area (Å²) in [5, 5.41) is 8.98. The van der Waals surface area contributed by atoms with Gasteiger partial charge in [0.1, 0.15) is 0 Å². The zero-order chi connectivity index (χ0) is 15.2. The third-order valence-electron chi connectivity index (χ3n) is 4.24. The number of halogens is 1. The van der Waals surface area contributed by atoms with Gasteiger partial charge in [0.05, 0.1) is 11.3 Å². The van der Waals surface area contributed by atoms with Crippen molar-refractivity contribution < 1.29 is 9.90 Å². The molecular formula is C17H24ClNO2. The Kier molecular flexibility index (Phi) is 6.07. The van der Waals surface area contributed by atoms with Crippen LogP contribution < -0.4 is 0 Å². The van der Waals surface area contributed by atoms with Crippen molar-refractivity contribution in [1.82, 2.24) is 4.90 Å². The molecule has 4 heteroatoms. The summed E-state index contributed by atoms with van der Waals surface area (Å²) in [5.74, 6) is -0.841. The molecule has 1 aliphatic rings. The van der Waals surface area contributed by atoms with Crippen LogP contribution in [0.2, 0.25) is 0 Å². The number of likely N-dealkylation sites (tertiary alicyclic amines) is 1. The Bertz CT molecular complexity index is 452. The fourth-order valence-electron chi connectivity index (χ4n) is 2.88. The first-order chi connectivity index (χ1) is 10.1. The maximum atomic E-state index is 10.9. The van der Waals surface area contributed by atoms with Crippen molar-refractivity contribution in [2.75, 3.05) is 19.6 Å². The van der Waals surface area contributed by atoms with Gasteiger partial charge in [-0.05, 0) is 43.5 Å². The highest BCUT2D eigenvalue weighted by Crippen LogP contribution is 2.25. The summed E-state index contributed by atoms with van der Waals surface area (Å²) in [7, 11) is 0. The lowest BCUT2D eigenvalue weighted by Gasteiger charge is -2.31. The van der Waals surface area contributed by atoms with Crippen LogP contribution in [0.25, 0.3) is 0 Å². The fourth-order valence-corrected chi connectivity index (χ4v) is 3.22. The van der Waals surface area contributed by atoms with Crippen molar-refractivity contribution in [1.29, 1.82) is 0 Å². The van der Waals surface area contributed by atoms with E-state index in [4.69, 9.17) is 16.7 Å². The quantitative estimate of drug-likeness (QED) is 0.814. The molecule has 0 radical (unpaired) electrons. The Morgan fingerprint density at radius 1 is 1.33 bits per heavy atom. The van der Waals surface area contributed by atoms with Gasteiger partial charge >= 0.3 is 5.97 Å². The molecule has 1 aromatic carbocycles. The van der Waals surface area contributed by atoms with Crippen molar-refractivity contribution in [2.24, 2.45) is 5.92 Å². The molecular weight excluding hydrogens is 286 g/mol. The first-order valence-electron chi connectivity index (χ1n) is 7.78. The van der Waals surface area contributed by atoms with E-state index in [2.05, 4.69) is 36.1 Å². The Morgan fingerprint density at radius 2 is 1.95 bits per heavy atom. The van der Waals surface area contributed by atoms with Crippen molar-refractivity contribution in [3.8, 4) is 0 Å². The number of piperidine rings is 1. The molecule has 1 fully saturated rings. The molecule has 1 N–H and O–H groups in total. The highest BCUT2D eigenvalue weighted by molar-refractivity contribution is 6.21. The summed E-state index contributed by atoms with van der Waals surface area (Å²) in [6.07, 6.45) is 3.72. The fraction of sp³-hybridized carbons (Fsp3) is 0.588. The van der Waals surface area contributed by atoms with E-state index in [0.717, 1.165) is 50.9 Å². The molecule has 1 atom stereocenters. The smallest absolute Gasteiger partial charge is 0.306 e. The molecule has 116 valence electrons. The minimum atomic E-state index is -0.663. The van der Waals surface area contributed by atoms with Gasteiger partial charge in [-0.25, -0.2) is 0 Å². The van der Waals surface area contributed by atoms with Crippen molar-refractivity contribution >= 4 is 17.6 Å². The van der Waals surface area contributed by atoms with Crippen LogP contribution >= 0.6 is 11.6 Å². The SMILES string of the molecule is CCCc1ccc(C(Cl)CN2CCC(C(=O)O)CC2)cc1. The molecule has 0 amide bonds. The van der Waals surface area contributed by atoms with Crippen LogP contribution in [0.3, 0.4) is 0 Å². The monoisotopic (exact) mass is 309 g/mol. The second-order valence-corrected chi connectivity index (χ2v) is 6.40. The topological polar surface area (TPSA) is 40.5 Å². The predicted octanol–water partition coefficient (Wildman–Crippen LogP) is 3.72. The van der Waals surface area contributed by atoms with Gasteiger partial charge in [0.2, 0.25) is 0 Å². The van der Waals surface area contributed by atoms with Crippen LogP contribution in [0.5, 0.6) is 0 Å². The van der Waals surface area contributed by atoms with Gasteiger partial charge in [-0.2, -0.15) is 0 Å². The molecule has 3 nitrogen and oxygen atoms in total. The average molecular weight is 310 g/mol. The van der Waals surface area contributed by atoms with Gasteiger partial charge in [0.15, 0.2) is 0 Å². The standard InChI is InChI=1S/C17H24ClNO2/c1-2-3-13-4-6-14(7-5-13)16(18)12-19-10-8-15(9-11-19)17(20)21/h4-7,15-16H,2-3,8-12H2,1H3,(H,20,21). The molecule has 1 heterocycles. The van der Waals surface area contributed by atoms with E-state index in [1.807, 2.05) is 0 Å². The van der Waals surface area contributed by atoms with E-state index in [9.17, 15) is 4.79 Å². The average Bonchev–Trinajstić information content (AvgIpc) is 2.49. The minimum absolute atomic E-state index is 0.0259. The largest absolute Gasteiger partial charge is 0.481 e. The Labute approximate surface area is 131 Å². The van der Waals surface area contributed by atoms with Crippen LogP contribution in [0.1, 0.15) is 42.7 Å². The van der Waals surface area contributed by atoms with Crippen molar-refractivity contribution in [3.05, 3.63) is 35.4 Å². The second-order valence-electron chi connectivity index (χ2n) is 5.87. The highest BCUT2D eigenvalue weighted by Gasteiger charge is 2.25. The van der Waals surface area contributed by atoms with E-state index in [1.54, 1.807) is 0 Å². The van der Waals surface area contributed by atoms with Gasteiger partial charge in [-0.1, -0.05) is 37.6 Å². The van der Waals surface area contributed by atoms with Gasteiger partial charge in [0.25, 0.3) is 0 Å². The maximum Gasteiger partial charge on any atom is 0.306 e. The van der Waals surface area contributed by atoms with Crippen LogP contribution in [0, 0.1) is 5.92 Å². The number of carbonyl (C=O) groups is 1. The Balaban J connectivity index is 1.84. The first-order valence-corrected chi connectivity index (χ1v) is 8.22. The molecule has 0 aliphatic carbocycles. The van der Waals surface area contributed by atoms with E-state index in [0.29, 0.717) is 0 Å². The Morgan fingerprint density at radius 3 is 2.48 bits per heavy atom. The summed E-state index contributed by atoms with van der Waals surface area (Å²) in [5.41, 5.74) is 2.50. The molecule has 2 rings (SSSR count). The lowest BCUT2D eigenvalue weighted by Crippen LogP contribution is -2.37. The molecule has 1 saturated heterocycles. The molecule has 21 heavy (non-hydrogen) atoms. The second kappa shape index (κ2) is 7.81. The normalized spacial score (nSPS) is 18.6. The van der Waals surface area contributed by atoms with Crippen molar-refractivity contribution in [2.45, 2.75) is 38.0 Å². The van der Waals surface area contributed by atoms with Crippen molar-refractivity contribution in [3.63, 3.8) is 0 Å².